The number of ether oxygens (including phenoxy) is 1. The summed E-state index contributed by atoms with van der Waals surface area (Å²) in [6.45, 7) is 1.47. The number of fused-ring (bicyclic) bond motifs is 1. The fourth-order valence-corrected chi connectivity index (χ4v) is 2.74. The topological polar surface area (TPSA) is 106 Å². The smallest absolute Gasteiger partial charge is 0.336 e. The average Bonchev–Trinajstić information content (AvgIpc) is 2.56. The number of benzene rings is 1. The van der Waals surface area contributed by atoms with Crippen LogP contribution >= 0.6 is 11.8 Å². The largest absolute Gasteiger partial charge is 0.484 e. The first-order valence-corrected chi connectivity index (χ1v) is 8.98. The van der Waals surface area contributed by atoms with Gasteiger partial charge in [0.1, 0.15) is 17.4 Å². The van der Waals surface area contributed by atoms with E-state index < -0.39 is 23.5 Å². The first-order chi connectivity index (χ1) is 11.9. The average molecular weight is 365 g/mol. The third kappa shape index (κ3) is 5.25. The van der Waals surface area contributed by atoms with Crippen molar-refractivity contribution in [2.45, 2.75) is 19.4 Å². The molecular weight excluding hydrogens is 346 g/mol. The van der Waals surface area contributed by atoms with E-state index in [1.165, 1.54) is 23.9 Å². The maximum absolute atomic E-state index is 11.9. The Morgan fingerprint density at radius 1 is 1.36 bits per heavy atom. The molecule has 1 atom stereocenters. The van der Waals surface area contributed by atoms with Crippen LogP contribution in [-0.2, 0) is 9.59 Å². The van der Waals surface area contributed by atoms with E-state index >= 15 is 0 Å². The van der Waals surface area contributed by atoms with Gasteiger partial charge in [0.25, 0.3) is 5.91 Å². The van der Waals surface area contributed by atoms with E-state index in [9.17, 15) is 14.4 Å². The number of thioether (sulfide) groups is 1. The van der Waals surface area contributed by atoms with Crippen LogP contribution in [0.15, 0.2) is 33.5 Å². The van der Waals surface area contributed by atoms with Crippen LogP contribution in [0.1, 0.15) is 12.0 Å². The van der Waals surface area contributed by atoms with E-state index in [-0.39, 0.29) is 6.61 Å². The number of carbonyl (C=O) groups excluding carboxylic acids is 1. The summed E-state index contributed by atoms with van der Waals surface area (Å²) < 4.78 is 10.5. The summed E-state index contributed by atoms with van der Waals surface area (Å²) in [5, 5.41) is 12.3. The number of carbonyl (C=O) groups is 2. The minimum Gasteiger partial charge on any atom is -0.484 e. The quantitative estimate of drug-likeness (QED) is 0.687. The number of rotatable bonds is 8. The first-order valence-electron chi connectivity index (χ1n) is 7.59. The fourth-order valence-electron chi connectivity index (χ4n) is 2.27. The predicted molar refractivity (Wildman–Crippen MR) is 95.3 cm³/mol. The van der Waals surface area contributed by atoms with E-state index in [2.05, 4.69) is 5.32 Å². The maximum atomic E-state index is 11.9. The molecule has 0 unspecified atom stereocenters. The van der Waals surface area contributed by atoms with Crippen molar-refractivity contribution in [1.82, 2.24) is 5.32 Å². The number of hydrogen-bond donors (Lipinski definition) is 2. The molecule has 0 saturated heterocycles. The second-order valence-corrected chi connectivity index (χ2v) is 6.42. The van der Waals surface area contributed by atoms with E-state index in [1.807, 2.05) is 6.26 Å². The molecule has 0 aliphatic carbocycles. The summed E-state index contributed by atoms with van der Waals surface area (Å²) in [5.74, 6) is -0.627. The second kappa shape index (κ2) is 8.57. The Labute approximate surface area is 148 Å². The van der Waals surface area contributed by atoms with Crippen LogP contribution in [0.3, 0.4) is 0 Å². The highest BCUT2D eigenvalue weighted by Gasteiger charge is 2.19. The van der Waals surface area contributed by atoms with Crippen LogP contribution in [0.5, 0.6) is 5.75 Å². The molecule has 134 valence electrons. The van der Waals surface area contributed by atoms with Gasteiger partial charge in [-0.1, -0.05) is 0 Å². The van der Waals surface area contributed by atoms with Crippen LogP contribution in [0, 0.1) is 6.92 Å². The van der Waals surface area contributed by atoms with Crippen LogP contribution in [0.4, 0.5) is 0 Å². The number of carboxylic acids is 1. The predicted octanol–water partition coefficient (Wildman–Crippen LogP) is 1.80. The number of amides is 1. The molecule has 0 aliphatic rings. The van der Waals surface area contributed by atoms with Gasteiger partial charge in [0.05, 0.1) is 0 Å². The van der Waals surface area contributed by atoms with E-state index in [4.69, 9.17) is 14.3 Å². The SMILES string of the molecule is CSCC[C@@H](NC(=O)COc1ccc2c(C)cc(=O)oc2c1)C(=O)O. The molecule has 1 heterocycles. The minimum atomic E-state index is -1.08. The van der Waals surface area contributed by atoms with Gasteiger partial charge in [0.2, 0.25) is 0 Å². The number of aliphatic carboxylic acids is 1. The summed E-state index contributed by atoms with van der Waals surface area (Å²) in [5.41, 5.74) is 0.693. The molecule has 0 fully saturated rings. The normalized spacial score (nSPS) is 11.9. The Morgan fingerprint density at radius 3 is 2.80 bits per heavy atom. The molecule has 1 aromatic heterocycles. The molecule has 25 heavy (non-hydrogen) atoms. The molecule has 2 N–H and O–H groups in total. The molecule has 0 aliphatic heterocycles. The van der Waals surface area contributed by atoms with Crippen molar-refractivity contribution < 1.29 is 23.8 Å². The van der Waals surface area contributed by atoms with Gasteiger partial charge in [-0.15, -0.1) is 0 Å². The Bertz CT molecular complexity index is 831. The Balaban J connectivity index is 2.00. The summed E-state index contributed by atoms with van der Waals surface area (Å²) >= 11 is 1.51. The zero-order valence-electron chi connectivity index (χ0n) is 13.9. The van der Waals surface area contributed by atoms with Crippen molar-refractivity contribution in [3.05, 3.63) is 40.2 Å². The molecule has 0 saturated carbocycles. The zero-order chi connectivity index (χ0) is 18.4. The highest BCUT2D eigenvalue weighted by molar-refractivity contribution is 7.98. The fraction of sp³-hybridized carbons (Fsp3) is 0.353. The van der Waals surface area contributed by atoms with Crippen molar-refractivity contribution >= 4 is 34.6 Å². The van der Waals surface area contributed by atoms with Crippen molar-refractivity contribution in [2.24, 2.45) is 0 Å². The maximum Gasteiger partial charge on any atom is 0.336 e. The summed E-state index contributed by atoms with van der Waals surface area (Å²) in [6.07, 6.45) is 2.20. The van der Waals surface area contributed by atoms with Gasteiger partial charge in [-0.3, -0.25) is 4.79 Å². The lowest BCUT2D eigenvalue weighted by atomic mass is 10.1. The number of carboxylic acid groups (broad SMARTS) is 1. The van der Waals surface area contributed by atoms with Crippen molar-refractivity contribution in [1.29, 1.82) is 0 Å². The standard InChI is InChI=1S/C17H19NO6S/c1-10-7-16(20)24-14-8-11(3-4-12(10)14)23-9-15(19)18-13(17(21)22)5-6-25-2/h3-4,7-8,13H,5-6,9H2,1-2H3,(H,18,19)(H,21,22)/t13-/m1/s1. The van der Waals surface area contributed by atoms with E-state index in [0.29, 0.717) is 23.5 Å². The van der Waals surface area contributed by atoms with Gasteiger partial charge in [-0.2, -0.15) is 11.8 Å². The van der Waals surface area contributed by atoms with Gasteiger partial charge < -0.3 is 19.6 Å². The highest BCUT2D eigenvalue weighted by atomic mass is 32.2. The minimum absolute atomic E-state index is 0.329. The Hall–Kier alpha value is -2.48. The van der Waals surface area contributed by atoms with Gasteiger partial charge in [0, 0.05) is 17.5 Å². The lowest BCUT2D eigenvalue weighted by Crippen LogP contribution is -2.43. The molecule has 1 amide bonds. The highest BCUT2D eigenvalue weighted by Crippen LogP contribution is 2.22. The van der Waals surface area contributed by atoms with Gasteiger partial charge in [0.15, 0.2) is 6.61 Å². The molecule has 7 nitrogen and oxygen atoms in total. The second-order valence-electron chi connectivity index (χ2n) is 5.43. The molecule has 8 heteroatoms. The Kier molecular flexibility index (Phi) is 6.46. The van der Waals surface area contributed by atoms with Gasteiger partial charge >= 0.3 is 11.6 Å². The molecule has 0 spiro atoms. The first kappa shape index (κ1) is 18.9. The summed E-state index contributed by atoms with van der Waals surface area (Å²) in [7, 11) is 0. The summed E-state index contributed by atoms with van der Waals surface area (Å²) in [4.78, 5) is 34.4. The number of hydrogen-bond acceptors (Lipinski definition) is 6. The van der Waals surface area contributed by atoms with E-state index in [1.54, 1.807) is 19.1 Å². The lowest BCUT2D eigenvalue weighted by molar-refractivity contribution is -0.142. The van der Waals surface area contributed by atoms with Crippen molar-refractivity contribution in [3.8, 4) is 5.75 Å². The van der Waals surface area contributed by atoms with Crippen LogP contribution in [-0.4, -0.2) is 41.6 Å². The molecule has 0 radical (unpaired) electrons. The van der Waals surface area contributed by atoms with E-state index in [0.717, 1.165) is 10.9 Å². The van der Waals surface area contributed by atoms with Crippen molar-refractivity contribution in [3.63, 3.8) is 0 Å². The van der Waals surface area contributed by atoms with Crippen LogP contribution < -0.4 is 15.7 Å². The Morgan fingerprint density at radius 2 is 2.12 bits per heavy atom. The zero-order valence-corrected chi connectivity index (χ0v) is 14.7. The van der Waals surface area contributed by atoms with Crippen molar-refractivity contribution in [2.75, 3.05) is 18.6 Å². The number of nitrogens with one attached hydrogen (secondary N) is 1. The monoisotopic (exact) mass is 365 g/mol. The molecular formula is C17H19NO6S. The molecule has 2 rings (SSSR count). The molecule has 0 bridgehead atoms. The number of aryl methyl sites for hydroxylation is 1. The molecule has 2 aromatic rings. The van der Waals surface area contributed by atoms with Gasteiger partial charge in [-0.05, 0) is 43.0 Å². The third-order valence-electron chi connectivity index (χ3n) is 3.54. The third-order valence-corrected chi connectivity index (χ3v) is 4.18. The lowest BCUT2D eigenvalue weighted by Gasteiger charge is -2.14. The molecule has 1 aromatic carbocycles. The van der Waals surface area contributed by atoms with Crippen LogP contribution in [0.25, 0.3) is 11.0 Å². The van der Waals surface area contributed by atoms with Crippen LogP contribution in [0.2, 0.25) is 0 Å². The summed E-state index contributed by atoms with van der Waals surface area (Å²) in [6, 6.07) is 5.38. The van der Waals surface area contributed by atoms with Gasteiger partial charge in [-0.25, -0.2) is 9.59 Å².